The number of nitrogens with two attached hydrogens (primary N) is 1. The number of nitrogens with zero attached hydrogens (tertiary/aromatic N) is 1. The van der Waals surface area contributed by atoms with Crippen molar-refractivity contribution in [2.24, 2.45) is 0 Å². The molecular weight excluding hydrogens is 254 g/mol. The molecule has 1 aliphatic heterocycles. The van der Waals surface area contributed by atoms with Gasteiger partial charge in [0.15, 0.2) is 0 Å². The first-order valence-electron chi connectivity index (χ1n) is 5.98. The van der Waals surface area contributed by atoms with Gasteiger partial charge >= 0.3 is 0 Å². The normalized spacial score (nSPS) is 18.8. The Morgan fingerprint density at radius 3 is 3.11 bits per heavy atom. The highest BCUT2D eigenvalue weighted by Gasteiger charge is 2.15. The molecule has 0 radical (unpaired) electrons. The number of ether oxygens (including phenoxy) is 1. The van der Waals surface area contributed by atoms with E-state index in [-0.39, 0.29) is 23.0 Å². The second-order valence-electron chi connectivity index (χ2n) is 4.28. The zero-order valence-electron chi connectivity index (χ0n) is 9.99. The van der Waals surface area contributed by atoms with Gasteiger partial charge in [-0.1, -0.05) is 11.6 Å². The monoisotopic (exact) mass is 269 g/mol. The van der Waals surface area contributed by atoms with Crippen molar-refractivity contribution in [1.82, 2.24) is 10.3 Å². The summed E-state index contributed by atoms with van der Waals surface area (Å²) in [5, 5.41) is 3.04. The minimum absolute atomic E-state index is 0.191. The fourth-order valence-corrected chi connectivity index (χ4v) is 2.18. The minimum atomic E-state index is -0.191. The van der Waals surface area contributed by atoms with E-state index in [0.717, 1.165) is 25.9 Å². The molecule has 0 spiro atoms. The van der Waals surface area contributed by atoms with Crippen LogP contribution in [0.3, 0.4) is 0 Å². The van der Waals surface area contributed by atoms with Crippen LogP contribution in [-0.4, -0.2) is 30.1 Å². The van der Waals surface area contributed by atoms with E-state index in [0.29, 0.717) is 12.1 Å². The lowest BCUT2D eigenvalue weighted by molar-refractivity contribution is 0.0907. The van der Waals surface area contributed by atoms with Gasteiger partial charge in [0.1, 0.15) is 11.0 Å². The average Bonchev–Trinajstić information content (AvgIpc) is 2.80. The van der Waals surface area contributed by atoms with Crippen molar-refractivity contribution in [2.45, 2.75) is 25.4 Å². The summed E-state index contributed by atoms with van der Waals surface area (Å²) in [4.78, 5) is 15.6. The highest BCUT2D eigenvalue weighted by molar-refractivity contribution is 6.29. The first kappa shape index (κ1) is 13.1. The third kappa shape index (κ3) is 3.58. The molecule has 1 unspecified atom stereocenters. The van der Waals surface area contributed by atoms with Gasteiger partial charge in [0, 0.05) is 18.7 Å². The molecule has 1 fully saturated rings. The second-order valence-corrected chi connectivity index (χ2v) is 4.67. The van der Waals surface area contributed by atoms with Gasteiger partial charge < -0.3 is 15.8 Å². The van der Waals surface area contributed by atoms with Crippen LogP contribution in [0.15, 0.2) is 12.1 Å². The lowest BCUT2D eigenvalue weighted by atomic mass is 10.2. The predicted octanol–water partition coefficient (Wildman–Crippen LogP) is 1.62. The van der Waals surface area contributed by atoms with Crippen LogP contribution < -0.4 is 11.1 Å². The number of halogens is 1. The van der Waals surface area contributed by atoms with Crippen LogP contribution in [0.25, 0.3) is 0 Å². The van der Waals surface area contributed by atoms with E-state index in [1.165, 1.54) is 12.1 Å². The molecule has 1 saturated heterocycles. The molecule has 0 aliphatic carbocycles. The molecule has 0 saturated carbocycles. The van der Waals surface area contributed by atoms with Crippen molar-refractivity contribution in [3.8, 4) is 0 Å². The maximum atomic E-state index is 11.8. The number of hydrogen-bond donors (Lipinski definition) is 2. The Bertz CT molecular complexity index is 413. The Hall–Kier alpha value is -1.33. The highest BCUT2D eigenvalue weighted by atomic mass is 35.5. The summed E-state index contributed by atoms with van der Waals surface area (Å²) in [6, 6.07) is 3.01. The Kier molecular flexibility index (Phi) is 4.38. The third-order valence-corrected chi connectivity index (χ3v) is 3.05. The summed E-state index contributed by atoms with van der Waals surface area (Å²) in [7, 11) is 0. The summed E-state index contributed by atoms with van der Waals surface area (Å²) in [6.45, 7) is 1.42. The molecule has 2 heterocycles. The highest BCUT2D eigenvalue weighted by Crippen LogP contribution is 2.15. The summed E-state index contributed by atoms with van der Waals surface area (Å²) in [5.41, 5.74) is 5.96. The Morgan fingerprint density at radius 1 is 1.61 bits per heavy atom. The smallest absolute Gasteiger partial charge is 0.251 e. The largest absolute Gasteiger partial charge is 0.384 e. The minimum Gasteiger partial charge on any atom is -0.384 e. The van der Waals surface area contributed by atoms with Crippen molar-refractivity contribution in [2.75, 3.05) is 18.9 Å². The van der Waals surface area contributed by atoms with Gasteiger partial charge in [0.2, 0.25) is 0 Å². The molecule has 1 atom stereocenters. The molecule has 1 amide bonds. The molecule has 1 aliphatic rings. The molecule has 6 heteroatoms. The molecule has 0 bridgehead atoms. The number of hydrogen-bond acceptors (Lipinski definition) is 4. The number of nitrogen functional groups attached to an aromatic ring is 1. The summed E-state index contributed by atoms with van der Waals surface area (Å²) < 4.78 is 5.48. The lowest BCUT2D eigenvalue weighted by Crippen LogP contribution is -2.27. The second kappa shape index (κ2) is 6.02. The van der Waals surface area contributed by atoms with Crippen LogP contribution in [0.1, 0.15) is 29.6 Å². The Labute approximate surface area is 111 Å². The SMILES string of the molecule is Nc1cc(C(=O)NCCC2CCCO2)cc(Cl)n1. The number of rotatable bonds is 4. The number of anilines is 1. The van der Waals surface area contributed by atoms with Crippen LogP contribution in [0.5, 0.6) is 0 Å². The van der Waals surface area contributed by atoms with Gasteiger partial charge in [0.05, 0.1) is 6.10 Å². The van der Waals surface area contributed by atoms with Crippen molar-refractivity contribution in [1.29, 1.82) is 0 Å². The fraction of sp³-hybridized carbons (Fsp3) is 0.500. The van der Waals surface area contributed by atoms with E-state index in [2.05, 4.69) is 10.3 Å². The zero-order valence-corrected chi connectivity index (χ0v) is 10.7. The number of nitrogens with one attached hydrogen (secondary N) is 1. The molecular formula is C12H16ClN3O2. The summed E-state index contributed by atoms with van der Waals surface area (Å²) in [5.74, 6) is 0.0516. The standard InChI is InChI=1S/C12H16ClN3O2/c13-10-6-8(7-11(14)16-10)12(17)15-4-3-9-2-1-5-18-9/h6-7,9H,1-5H2,(H2,14,16)(H,15,17). The van der Waals surface area contributed by atoms with Crippen LogP contribution in [-0.2, 0) is 4.74 Å². The van der Waals surface area contributed by atoms with Crippen LogP contribution in [0, 0.1) is 0 Å². The van der Waals surface area contributed by atoms with E-state index >= 15 is 0 Å². The fourth-order valence-electron chi connectivity index (χ4n) is 1.97. The van der Waals surface area contributed by atoms with Crippen LogP contribution in [0.2, 0.25) is 5.15 Å². The first-order chi connectivity index (χ1) is 8.65. The zero-order chi connectivity index (χ0) is 13.0. The topological polar surface area (TPSA) is 77.2 Å². The summed E-state index contributed by atoms with van der Waals surface area (Å²) in [6.07, 6.45) is 3.29. The van der Waals surface area contributed by atoms with Gasteiger partial charge in [-0.25, -0.2) is 4.98 Å². The van der Waals surface area contributed by atoms with Crippen molar-refractivity contribution < 1.29 is 9.53 Å². The lowest BCUT2D eigenvalue weighted by Gasteiger charge is -2.10. The maximum absolute atomic E-state index is 11.8. The predicted molar refractivity (Wildman–Crippen MR) is 69.6 cm³/mol. The molecule has 98 valence electrons. The van der Waals surface area contributed by atoms with Crippen LogP contribution >= 0.6 is 11.6 Å². The van der Waals surface area contributed by atoms with Crippen molar-refractivity contribution in [3.63, 3.8) is 0 Å². The van der Waals surface area contributed by atoms with E-state index < -0.39 is 0 Å². The van der Waals surface area contributed by atoms with Crippen molar-refractivity contribution in [3.05, 3.63) is 22.8 Å². The molecule has 18 heavy (non-hydrogen) atoms. The van der Waals surface area contributed by atoms with E-state index in [4.69, 9.17) is 22.1 Å². The van der Waals surface area contributed by atoms with Crippen LogP contribution in [0.4, 0.5) is 5.82 Å². The molecule has 1 aromatic heterocycles. The molecule has 2 rings (SSSR count). The van der Waals surface area contributed by atoms with Gasteiger partial charge in [-0.2, -0.15) is 0 Å². The van der Waals surface area contributed by atoms with Crippen molar-refractivity contribution >= 4 is 23.3 Å². The molecule has 3 N–H and O–H groups in total. The Balaban J connectivity index is 1.83. The molecule has 5 nitrogen and oxygen atoms in total. The van der Waals surface area contributed by atoms with Gasteiger partial charge in [0.25, 0.3) is 5.91 Å². The average molecular weight is 270 g/mol. The number of aromatic nitrogens is 1. The van der Waals surface area contributed by atoms with Gasteiger partial charge in [-0.05, 0) is 31.4 Å². The first-order valence-corrected chi connectivity index (χ1v) is 6.36. The quantitative estimate of drug-likeness (QED) is 0.814. The van der Waals surface area contributed by atoms with Gasteiger partial charge in [-0.3, -0.25) is 4.79 Å². The molecule has 0 aromatic carbocycles. The van der Waals surface area contributed by atoms with E-state index in [1.807, 2.05) is 0 Å². The number of carbonyl (C=O) groups is 1. The third-order valence-electron chi connectivity index (χ3n) is 2.85. The Morgan fingerprint density at radius 2 is 2.44 bits per heavy atom. The summed E-state index contributed by atoms with van der Waals surface area (Å²) >= 11 is 5.74. The van der Waals surface area contributed by atoms with Gasteiger partial charge in [-0.15, -0.1) is 0 Å². The van der Waals surface area contributed by atoms with E-state index in [9.17, 15) is 4.79 Å². The molecule has 1 aromatic rings. The number of pyridine rings is 1. The number of amides is 1. The van der Waals surface area contributed by atoms with E-state index in [1.54, 1.807) is 0 Å². The number of carbonyl (C=O) groups excluding carboxylic acids is 1. The maximum Gasteiger partial charge on any atom is 0.251 e.